The molecule has 1 aliphatic rings. The van der Waals surface area contributed by atoms with Gasteiger partial charge in [0.05, 0.1) is 5.56 Å². The molecule has 0 N–H and O–H groups in total. The zero-order valence-corrected chi connectivity index (χ0v) is 9.03. The van der Waals surface area contributed by atoms with Crippen LogP contribution in [0, 0.1) is 0 Å². The molecule has 1 radical (unpaired) electrons. The van der Waals surface area contributed by atoms with Crippen LogP contribution in [0.4, 0.5) is 24.5 Å². The highest BCUT2D eigenvalue weighted by Gasteiger charge is 2.36. The highest BCUT2D eigenvalue weighted by atomic mass is 19.4. The molecule has 2 aromatic carbocycles. The summed E-state index contributed by atoms with van der Waals surface area (Å²) >= 11 is 0. The van der Waals surface area contributed by atoms with Gasteiger partial charge < -0.3 is 4.74 Å². The Morgan fingerprint density at radius 1 is 0.889 bits per heavy atom. The number of para-hydroxylation sites is 3. The lowest BCUT2D eigenvalue weighted by molar-refractivity contribution is -0.137. The van der Waals surface area contributed by atoms with Crippen LogP contribution in [-0.2, 0) is 6.18 Å². The van der Waals surface area contributed by atoms with Crippen LogP contribution in [0.2, 0.25) is 0 Å². The van der Waals surface area contributed by atoms with Crippen LogP contribution in [-0.4, -0.2) is 0 Å². The molecule has 18 heavy (non-hydrogen) atoms. The van der Waals surface area contributed by atoms with Crippen LogP contribution in [0.25, 0.3) is 0 Å². The Kier molecular flexibility index (Phi) is 2.23. The van der Waals surface area contributed by atoms with Gasteiger partial charge in [0.2, 0.25) is 0 Å². The summed E-state index contributed by atoms with van der Waals surface area (Å²) in [5, 5.41) is 4.03. The Hall–Kier alpha value is -2.17. The molecule has 1 aliphatic heterocycles. The number of benzene rings is 2. The van der Waals surface area contributed by atoms with E-state index in [4.69, 9.17) is 4.74 Å². The van der Waals surface area contributed by atoms with Crippen molar-refractivity contribution in [3.05, 3.63) is 48.0 Å². The average molecular weight is 250 g/mol. The molecule has 1 heterocycles. The van der Waals surface area contributed by atoms with Crippen molar-refractivity contribution in [1.29, 1.82) is 0 Å². The van der Waals surface area contributed by atoms with Gasteiger partial charge in [0.25, 0.3) is 0 Å². The molecule has 0 aromatic heterocycles. The van der Waals surface area contributed by atoms with Crippen LogP contribution >= 0.6 is 0 Å². The van der Waals surface area contributed by atoms with Crippen LogP contribution in [0.1, 0.15) is 5.56 Å². The highest BCUT2D eigenvalue weighted by Crippen LogP contribution is 2.47. The molecular weight excluding hydrogens is 243 g/mol. The van der Waals surface area contributed by atoms with Crippen LogP contribution < -0.4 is 10.1 Å². The van der Waals surface area contributed by atoms with E-state index in [2.05, 4.69) is 5.32 Å². The Morgan fingerprint density at radius 3 is 2.39 bits per heavy atom. The van der Waals surface area contributed by atoms with Crippen molar-refractivity contribution in [2.75, 3.05) is 0 Å². The number of halogens is 3. The smallest absolute Gasteiger partial charge is 0.418 e. The van der Waals surface area contributed by atoms with Gasteiger partial charge >= 0.3 is 6.18 Å². The quantitative estimate of drug-likeness (QED) is 0.580. The molecule has 0 aliphatic carbocycles. The summed E-state index contributed by atoms with van der Waals surface area (Å²) in [6.45, 7) is 0. The Bertz CT molecular complexity index is 607. The van der Waals surface area contributed by atoms with Crippen molar-refractivity contribution >= 4 is 11.4 Å². The molecule has 0 bridgehead atoms. The first-order chi connectivity index (χ1) is 8.55. The standard InChI is InChI=1S/C13H7F3NO/c14-13(15,16)8-4-3-7-11-12(8)17-9-5-1-2-6-10(9)18-11/h1-7H. The number of ether oxygens (including phenoxy) is 1. The van der Waals surface area contributed by atoms with E-state index in [-0.39, 0.29) is 11.4 Å². The van der Waals surface area contributed by atoms with Crippen molar-refractivity contribution in [3.63, 3.8) is 0 Å². The molecule has 0 saturated heterocycles. The SMILES string of the molecule is FC(F)(F)c1cccc2c1[N]c1ccccc1O2. The van der Waals surface area contributed by atoms with E-state index in [1.54, 1.807) is 24.3 Å². The average Bonchev–Trinajstić information content (AvgIpc) is 2.34. The molecule has 3 rings (SSSR count). The summed E-state index contributed by atoms with van der Waals surface area (Å²) in [5.41, 5.74) is -0.542. The Morgan fingerprint density at radius 2 is 1.61 bits per heavy atom. The first kappa shape index (κ1) is 11.0. The lowest BCUT2D eigenvalue weighted by Crippen LogP contribution is -2.11. The molecule has 0 unspecified atom stereocenters. The van der Waals surface area contributed by atoms with E-state index < -0.39 is 11.7 Å². The first-order valence-electron chi connectivity index (χ1n) is 5.24. The summed E-state index contributed by atoms with van der Waals surface area (Å²) in [6.07, 6.45) is -4.44. The normalized spacial score (nSPS) is 13.1. The van der Waals surface area contributed by atoms with E-state index in [1.165, 1.54) is 12.1 Å². The van der Waals surface area contributed by atoms with Crippen molar-refractivity contribution in [2.24, 2.45) is 0 Å². The van der Waals surface area contributed by atoms with Gasteiger partial charge in [-0.25, -0.2) is 5.32 Å². The minimum Gasteiger partial charge on any atom is -0.453 e. The van der Waals surface area contributed by atoms with Gasteiger partial charge in [-0.1, -0.05) is 18.2 Å². The molecule has 0 spiro atoms. The highest BCUT2D eigenvalue weighted by molar-refractivity contribution is 5.70. The summed E-state index contributed by atoms with van der Waals surface area (Å²) in [5.74, 6) is 0.591. The molecule has 0 fully saturated rings. The lowest BCUT2D eigenvalue weighted by atomic mass is 10.1. The van der Waals surface area contributed by atoms with Gasteiger partial charge in [0.1, 0.15) is 11.4 Å². The molecular formula is C13H7F3NO. The monoisotopic (exact) mass is 250 g/mol. The van der Waals surface area contributed by atoms with Gasteiger partial charge in [-0.3, -0.25) is 0 Å². The van der Waals surface area contributed by atoms with Crippen molar-refractivity contribution in [1.82, 2.24) is 5.32 Å². The summed E-state index contributed by atoms with van der Waals surface area (Å²) < 4.78 is 43.9. The topological polar surface area (TPSA) is 23.3 Å². The van der Waals surface area contributed by atoms with Gasteiger partial charge in [-0.05, 0) is 24.3 Å². The second-order valence-corrected chi connectivity index (χ2v) is 3.83. The number of rotatable bonds is 0. The first-order valence-corrected chi connectivity index (χ1v) is 5.24. The van der Waals surface area contributed by atoms with Crippen molar-refractivity contribution in [3.8, 4) is 11.5 Å². The second-order valence-electron chi connectivity index (χ2n) is 3.83. The van der Waals surface area contributed by atoms with E-state index in [9.17, 15) is 13.2 Å². The third-order valence-corrected chi connectivity index (χ3v) is 2.62. The van der Waals surface area contributed by atoms with Crippen molar-refractivity contribution in [2.45, 2.75) is 6.18 Å². The zero-order chi connectivity index (χ0) is 12.8. The number of hydrogen-bond acceptors (Lipinski definition) is 1. The Labute approximate surface area is 101 Å². The molecule has 0 amide bonds. The van der Waals surface area contributed by atoms with Gasteiger partial charge in [-0.15, -0.1) is 0 Å². The maximum absolute atomic E-state index is 12.8. The summed E-state index contributed by atoms with van der Waals surface area (Å²) in [6, 6.07) is 10.5. The predicted molar refractivity (Wildman–Crippen MR) is 59.4 cm³/mol. The van der Waals surface area contributed by atoms with E-state index >= 15 is 0 Å². The lowest BCUT2D eigenvalue weighted by Gasteiger charge is -2.22. The van der Waals surface area contributed by atoms with Crippen molar-refractivity contribution < 1.29 is 17.9 Å². The zero-order valence-electron chi connectivity index (χ0n) is 9.03. The maximum atomic E-state index is 12.8. The number of alkyl halides is 3. The second kappa shape index (κ2) is 3.66. The molecule has 0 atom stereocenters. The minimum atomic E-state index is -4.44. The molecule has 0 saturated carbocycles. The summed E-state index contributed by atoms with van der Waals surface area (Å²) in [4.78, 5) is 0. The fourth-order valence-corrected chi connectivity index (χ4v) is 1.82. The number of hydrogen-bond donors (Lipinski definition) is 0. The number of nitrogens with zero attached hydrogens (tertiary/aromatic N) is 1. The Balaban J connectivity index is 2.14. The fourth-order valence-electron chi connectivity index (χ4n) is 1.82. The largest absolute Gasteiger partial charge is 0.453 e. The van der Waals surface area contributed by atoms with E-state index in [0.29, 0.717) is 11.4 Å². The van der Waals surface area contributed by atoms with Gasteiger partial charge in [0, 0.05) is 0 Å². The molecule has 5 heteroatoms. The van der Waals surface area contributed by atoms with Crippen LogP contribution in [0.15, 0.2) is 42.5 Å². The fraction of sp³-hybridized carbons (Fsp3) is 0.0769. The third kappa shape index (κ3) is 1.68. The molecule has 2 aromatic rings. The molecule has 91 valence electrons. The van der Waals surface area contributed by atoms with E-state index in [1.807, 2.05) is 0 Å². The number of fused-ring (bicyclic) bond motifs is 2. The summed E-state index contributed by atoms with van der Waals surface area (Å²) in [7, 11) is 0. The minimum absolute atomic E-state index is 0.128. The molecule has 2 nitrogen and oxygen atoms in total. The predicted octanol–water partition coefficient (Wildman–Crippen LogP) is 4.38. The maximum Gasteiger partial charge on any atom is 0.418 e. The van der Waals surface area contributed by atoms with Gasteiger partial charge in [-0.2, -0.15) is 13.2 Å². The van der Waals surface area contributed by atoms with Crippen LogP contribution in [0.3, 0.4) is 0 Å². The van der Waals surface area contributed by atoms with Crippen LogP contribution in [0.5, 0.6) is 11.5 Å². The van der Waals surface area contributed by atoms with Gasteiger partial charge in [0.15, 0.2) is 11.5 Å². The van der Waals surface area contributed by atoms with E-state index in [0.717, 1.165) is 6.07 Å². The third-order valence-electron chi connectivity index (χ3n) is 2.62.